The molecule has 0 unspecified atom stereocenters. The van der Waals surface area contributed by atoms with E-state index in [1.165, 1.54) is 6.07 Å². The molecule has 0 aromatic carbocycles. The number of rotatable bonds is 2. The van der Waals surface area contributed by atoms with E-state index in [0.29, 0.717) is 17.1 Å². The molecule has 0 radical (unpaired) electrons. The van der Waals surface area contributed by atoms with E-state index in [1.54, 1.807) is 19.3 Å². The van der Waals surface area contributed by atoms with Crippen LogP contribution in [0.4, 0.5) is 0 Å². The van der Waals surface area contributed by atoms with E-state index < -0.39 is 5.97 Å². The highest BCUT2D eigenvalue weighted by Gasteiger charge is 2.10. The minimum absolute atomic E-state index is 0.0151. The van der Waals surface area contributed by atoms with Crippen LogP contribution in [0.5, 0.6) is 0 Å². The van der Waals surface area contributed by atoms with E-state index in [-0.39, 0.29) is 5.69 Å². The van der Waals surface area contributed by atoms with E-state index >= 15 is 0 Å². The second kappa shape index (κ2) is 3.49. The molecule has 2 heterocycles. The number of carbonyl (C=O) groups is 1. The van der Waals surface area contributed by atoms with Gasteiger partial charge in [0.15, 0.2) is 11.5 Å². The average Bonchev–Trinajstić information content (AvgIpc) is 2.69. The van der Waals surface area contributed by atoms with Crippen molar-refractivity contribution >= 4 is 5.97 Å². The summed E-state index contributed by atoms with van der Waals surface area (Å²) in [6.07, 6.45) is 3.15. The van der Waals surface area contributed by atoms with Crippen molar-refractivity contribution in [2.45, 2.75) is 6.92 Å². The first kappa shape index (κ1) is 9.32. The van der Waals surface area contributed by atoms with Crippen LogP contribution in [0, 0.1) is 6.92 Å². The predicted molar refractivity (Wildman–Crippen MR) is 51.3 cm³/mol. The molecule has 2 aromatic rings. The standard InChI is InChI=1S/C9H8N4O2/c1-5-2-7(9(14)15)13-8(12-5)6-3-10-11-4-6/h2-4H,1H3,(H,10,11)(H,14,15). The predicted octanol–water partition coefficient (Wildman–Crippen LogP) is 0.873. The van der Waals surface area contributed by atoms with Crippen LogP contribution >= 0.6 is 0 Å². The summed E-state index contributed by atoms with van der Waals surface area (Å²) in [6.45, 7) is 1.72. The van der Waals surface area contributed by atoms with Crippen molar-refractivity contribution in [1.82, 2.24) is 20.2 Å². The summed E-state index contributed by atoms with van der Waals surface area (Å²) in [5.74, 6) is -0.702. The van der Waals surface area contributed by atoms with Crippen molar-refractivity contribution < 1.29 is 9.90 Å². The molecule has 0 saturated heterocycles. The number of aromatic nitrogens is 4. The van der Waals surface area contributed by atoms with Crippen LogP contribution in [-0.4, -0.2) is 31.2 Å². The third-order valence-electron chi connectivity index (χ3n) is 1.83. The fraction of sp³-hybridized carbons (Fsp3) is 0.111. The Kier molecular flexibility index (Phi) is 2.17. The van der Waals surface area contributed by atoms with Crippen LogP contribution in [0.2, 0.25) is 0 Å². The lowest BCUT2D eigenvalue weighted by Crippen LogP contribution is -2.03. The summed E-state index contributed by atoms with van der Waals surface area (Å²) in [4.78, 5) is 18.8. The van der Waals surface area contributed by atoms with Crippen LogP contribution < -0.4 is 0 Å². The first-order valence-corrected chi connectivity index (χ1v) is 4.25. The first-order valence-electron chi connectivity index (χ1n) is 4.25. The molecule has 76 valence electrons. The molecule has 2 aromatic heterocycles. The number of aromatic carboxylic acids is 1. The van der Waals surface area contributed by atoms with Gasteiger partial charge in [-0.25, -0.2) is 14.8 Å². The molecule has 0 bridgehead atoms. The van der Waals surface area contributed by atoms with E-state index in [2.05, 4.69) is 20.2 Å². The van der Waals surface area contributed by atoms with Gasteiger partial charge in [-0.2, -0.15) is 5.10 Å². The third kappa shape index (κ3) is 1.83. The topological polar surface area (TPSA) is 91.8 Å². The second-order valence-corrected chi connectivity index (χ2v) is 3.01. The van der Waals surface area contributed by atoms with E-state index in [9.17, 15) is 4.79 Å². The van der Waals surface area contributed by atoms with Crippen molar-refractivity contribution in [3.63, 3.8) is 0 Å². The number of aryl methyl sites for hydroxylation is 1. The molecular formula is C9H8N4O2. The maximum absolute atomic E-state index is 10.8. The highest BCUT2D eigenvalue weighted by molar-refractivity contribution is 5.85. The summed E-state index contributed by atoms with van der Waals surface area (Å²) < 4.78 is 0. The molecule has 2 N–H and O–H groups in total. The Morgan fingerprint density at radius 3 is 2.87 bits per heavy atom. The van der Waals surface area contributed by atoms with Gasteiger partial charge in [-0.1, -0.05) is 0 Å². The van der Waals surface area contributed by atoms with Gasteiger partial charge in [0.05, 0.1) is 11.8 Å². The molecule has 0 aliphatic rings. The SMILES string of the molecule is Cc1cc(C(=O)O)nc(-c2cn[nH]c2)n1. The van der Waals surface area contributed by atoms with Crippen LogP contribution in [0.3, 0.4) is 0 Å². The molecule has 0 aliphatic carbocycles. The quantitative estimate of drug-likeness (QED) is 0.757. The van der Waals surface area contributed by atoms with Crippen LogP contribution in [0.15, 0.2) is 18.5 Å². The Bertz CT molecular complexity index is 493. The number of aromatic amines is 1. The van der Waals surface area contributed by atoms with E-state index in [4.69, 9.17) is 5.11 Å². The first-order chi connectivity index (χ1) is 7.16. The van der Waals surface area contributed by atoms with Gasteiger partial charge in [-0.05, 0) is 13.0 Å². The van der Waals surface area contributed by atoms with Crippen LogP contribution in [0.25, 0.3) is 11.4 Å². The van der Waals surface area contributed by atoms with Crippen LogP contribution in [-0.2, 0) is 0 Å². The summed E-state index contributed by atoms with van der Waals surface area (Å²) in [6, 6.07) is 1.42. The molecule has 0 atom stereocenters. The van der Waals surface area contributed by atoms with E-state index in [0.717, 1.165) is 0 Å². The van der Waals surface area contributed by atoms with Gasteiger partial charge in [-0.3, -0.25) is 5.10 Å². The summed E-state index contributed by atoms with van der Waals surface area (Å²) >= 11 is 0. The Morgan fingerprint density at radius 2 is 2.27 bits per heavy atom. The molecule has 15 heavy (non-hydrogen) atoms. The summed E-state index contributed by atoms with van der Waals surface area (Å²) in [5, 5.41) is 15.2. The van der Waals surface area contributed by atoms with Gasteiger partial charge in [0.1, 0.15) is 0 Å². The highest BCUT2D eigenvalue weighted by atomic mass is 16.4. The Morgan fingerprint density at radius 1 is 1.47 bits per heavy atom. The van der Waals surface area contributed by atoms with Crippen molar-refractivity contribution in [3.05, 3.63) is 29.8 Å². The fourth-order valence-corrected chi connectivity index (χ4v) is 1.18. The monoisotopic (exact) mass is 204 g/mol. The maximum Gasteiger partial charge on any atom is 0.354 e. The van der Waals surface area contributed by atoms with Gasteiger partial charge in [0, 0.05) is 11.9 Å². The molecular weight excluding hydrogens is 196 g/mol. The molecule has 6 heteroatoms. The van der Waals surface area contributed by atoms with Gasteiger partial charge in [0.25, 0.3) is 0 Å². The molecule has 6 nitrogen and oxygen atoms in total. The van der Waals surface area contributed by atoms with E-state index in [1.807, 2.05) is 0 Å². The lowest BCUT2D eigenvalue weighted by molar-refractivity contribution is 0.0690. The normalized spacial score (nSPS) is 10.2. The molecule has 0 fully saturated rings. The van der Waals surface area contributed by atoms with Crippen molar-refractivity contribution in [2.75, 3.05) is 0 Å². The largest absolute Gasteiger partial charge is 0.477 e. The number of carboxylic acids is 1. The molecule has 0 spiro atoms. The smallest absolute Gasteiger partial charge is 0.354 e. The number of nitrogens with one attached hydrogen (secondary N) is 1. The Labute approximate surface area is 85.0 Å². The third-order valence-corrected chi connectivity index (χ3v) is 1.83. The average molecular weight is 204 g/mol. The second-order valence-electron chi connectivity index (χ2n) is 3.01. The Hall–Kier alpha value is -2.24. The molecule has 2 rings (SSSR count). The van der Waals surface area contributed by atoms with Crippen molar-refractivity contribution in [3.8, 4) is 11.4 Å². The molecule has 0 amide bonds. The number of carboxylic acid groups (broad SMARTS) is 1. The number of nitrogens with zero attached hydrogens (tertiary/aromatic N) is 3. The number of hydrogen-bond acceptors (Lipinski definition) is 4. The molecule has 0 aliphatic heterocycles. The van der Waals surface area contributed by atoms with Gasteiger partial charge in [0.2, 0.25) is 0 Å². The minimum atomic E-state index is -1.06. The molecule has 0 saturated carbocycles. The Balaban J connectivity index is 2.54. The highest BCUT2D eigenvalue weighted by Crippen LogP contribution is 2.13. The van der Waals surface area contributed by atoms with Crippen molar-refractivity contribution in [1.29, 1.82) is 0 Å². The fourth-order valence-electron chi connectivity index (χ4n) is 1.18. The minimum Gasteiger partial charge on any atom is -0.477 e. The zero-order valence-electron chi connectivity index (χ0n) is 7.93. The lowest BCUT2D eigenvalue weighted by atomic mass is 10.3. The van der Waals surface area contributed by atoms with Gasteiger partial charge >= 0.3 is 5.97 Å². The number of hydrogen-bond donors (Lipinski definition) is 2. The zero-order valence-corrected chi connectivity index (χ0v) is 7.93. The van der Waals surface area contributed by atoms with Crippen molar-refractivity contribution in [2.24, 2.45) is 0 Å². The zero-order chi connectivity index (χ0) is 10.8. The number of H-pyrrole nitrogens is 1. The van der Waals surface area contributed by atoms with Crippen LogP contribution in [0.1, 0.15) is 16.2 Å². The summed E-state index contributed by atoms with van der Waals surface area (Å²) in [7, 11) is 0. The van der Waals surface area contributed by atoms with Gasteiger partial charge in [-0.15, -0.1) is 0 Å². The summed E-state index contributed by atoms with van der Waals surface area (Å²) in [5.41, 5.74) is 1.26. The van der Waals surface area contributed by atoms with Gasteiger partial charge < -0.3 is 5.11 Å². The maximum atomic E-state index is 10.8. The lowest BCUT2D eigenvalue weighted by Gasteiger charge is -2.00.